The largest absolute Gasteiger partial charge is 0.360 e. The smallest absolute Gasteiger partial charge is 0.162 e. The molecule has 1 aliphatic rings. The van der Waals surface area contributed by atoms with Gasteiger partial charge in [-0.25, -0.2) is 0 Å². The fourth-order valence-electron chi connectivity index (χ4n) is 3.05. The number of ether oxygens (including phenoxy) is 2. The summed E-state index contributed by atoms with van der Waals surface area (Å²) in [5, 5.41) is 3.54. The number of benzene rings is 1. The van der Waals surface area contributed by atoms with Crippen LogP contribution in [0.2, 0.25) is 0 Å². The van der Waals surface area contributed by atoms with Gasteiger partial charge < -0.3 is 14.8 Å². The molecule has 1 heterocycles. The maximum absolute atomic E-state index is 6.23. The van der Waals surface area contributed by atoms with Gasteiger partial charge in [-0.15, -0.1) is 0 Å². The van der Waals surface area contributed by atoms with Gasteiger partial charge >= 0.3 is 0 Å². The summed E-state index contributed by atoms with van der Waals surface area (Å²) in [6.45, 7) is 13.1. The van der Waals surface area contributed by atoms with E-state index in [2.05, 4.69) is 59.0 Å². The molecule has 0 aliphatic carbocycles. The van der Waals surface area contributed by atoms with Crippen molar-refractivity contribution >= 4 is 5.69 Å². The van der Waals surface area contributed by atoms with Crippen molar-refractivity contribution in [2.45, 2.75) is 60.2 Å². The molecule has 1 aliphatic heterocycles. The summed E-state index contributed by atoms with van der Waals surface area (Å²) in [6.07, 6.45) is -0.0556. The molecule has 21 heavy (non-hydrogen) atoms. The summed E-state index contributed by atoms with van der Waals surface area (Å²) in [5.41, 5.74) is 0.984. The molecule has 3 nitrogen and oxygen atoms in total. The number of anilines is 1. The number of nitrogens with one attached hydrogen (secondary N) is 1. The first-order chi connectivity index (χ1) is 9.82. The van der Waals surface area contributed by atoms with Gasteiger partial charge in [0, 0.05) is 17.0 Å². The number of para-hydroxylation sites is 1. The van der Waals surface area contributed by atoms with Gasteiger partial charge in [0.2, 0.25) is 0 Å². The number of rotatable bonds is 4. The van der Waals surface area contributed by atoms with Crippen molar-refractivity contribution < 1.29 is 9.47 Å². The molecule has 1 fully saturated rings. The molecule has 2 rings (SSSR count). The van der Waals surface area contributed by atoms with E-state index >= 15 is 0 Å². The predicted octanol–water partition coefficient (Wildman–Crippen LogP) is 4.50. The van der Waals surface area contributed by atoms with Gasteiger partial charge in [-0.3, -0.25) is 0 Å². The summed E-state index contributed by atoms with van der Waals surface area (Å²) in [6, 6.07) is 10.2. The number of hydrogen-bond donors (Lipinski definition) is 1. The molecular formula is C18H29NO2. The monoisotopic (exact) mass is 291 g/mol. The third kappa shape index (κ3) is 3.58. The van der Waals surface area contributed by atoms with Crippen LogP contribution in [-0.4, -0.2) is 18.6 Å². The van der Waals surface area contributed by atoms with E-state index in [0.29, 0.717) is 11.8 Å². The zero-order valence-corrected chi connectivity index (χ0v) is 14.1. The lowest BCUT2D eigenvalue weighted by Gasteiger charge is -2.50. The van der Waals surface area contributed by atoms with Crippen LogP contribution in [0, 0.1) is 17.3 Å². The second-order valence-electron chi connectivity index (χ2n) is 7.26. The van der Waals surface area contributed by atoms with Crippen LogP contribution in [0.5, 0.6) is 0 Å². The van der Waals surface area contributed by atoms with Crippen LogP contribution in [0.1, 0.15) is 41.5 Å². The van der Waals surface area contributed by atoms with Gasteiger partial charge in [0.15, 0.2) is 6.29 Å². The Labute approximate surface area is 129 Å². The SMILES string of the molecule is CC(C)[C@H]1O[C@@H](Nc2ccccc2)C(C)(C)[C@@H](C(C)C)O1. The van der Waals surface area contributed by atoms with Crippen LogP contribution in [0.4, 0.5) is 5.69 Å². The Balaban J connectivity index is 2.23. The van der Waals surface area contributed by atoms with Crippen molar-refractivity contribution in [3.8, 4) is 0 Å². The molecular weight excluding hydrogens is 262 g/mol. The van der Waals surface area contributed by atoms with E-state index in [1.807, 2.05) is 18.2 Å². The van der Waals surface area contributed by atoms with E-state index in [4.69, 9.17) is 9.47 Å². The van der Waals surface area contributed by atoms with Crippen LogP contribution in [0.3, 0.4) is 0 Å². The Hall–Kier alpha value is -1.06. The standard InChI is InChI=1S/C18H29NO2/c1-12(2)15-18(5,6)17(21-16(20-15)13(3)4)19-14-10-8-7-9-11-14/h7-13,15-17,19H,1-6H3/t15-,16-,17-/m1/s1. The highest BCUT2D eigenvalue weighted by atomic mass is 16.7. The summed E-state index contributed by atoms with van der Waals surface area (Å²) in [7, 11) is 0. The third-order valence-corrected chi connectivity index (χ3v) is 4.18. The quantitative estimate of drug-likeness (QED) is 0.885. The first-order valence-electron chi connectivity index (χ1n) is 7.95. The van der Waals surface area contributed by atoms with Gasteiger partial charge in [0.05, 0.1) is 6.10 Å². The minimum atomic E-state index is -0.161. The van der Waals surface area contributed by atoms with Crippen molar-refractivity contribution in [3.05, 3.63) is 30.3 Å². The van der Waals surface area contributed by atoms with E-state index in [1.165, 1.54) is 0 Å². The van der Waals surface area contributed by atoms with Gasteiger partial charge in [0.1, 0.15) is 6.23 Å². The third-order valence-electron chi connectivity index (χ3n) is 4.18. The van der Waals surface area contributed by atoms with Crippen LogP contribution in [0.15, 0.2) is 30.3 Å². The topological polar surface area (TPSA) is 30.5 Å². The number of hydrogen-bond acceptors (Lipinski definition) is 3. The molecule has 0 radical (unpaired) electrons. The average Bonchev–Trinajstić information content (AvgIpc) is 2.41. The molecule has 0 aromatic heterocycles. The minimum Gasteiger partial charge on any atom is -0.360 e. The van der Waals surface area contributed by atoms with Crippen molar-refractivity contribution in [3.63, 3.8) is 0 Å². The van der Waals surface area contributed by atoms with Crippen molar-refractivity contribution in [2.75, 3.05) is 5.32 Å². The molecule has 0 unspecified atom stereocenters. The molecule has 1 saturated heterocycles. The molecule has 3 atom stereocenters. The molecule has 0 saturated carbocycles. The summed E-state index contributed by atoms with van der Waals surface area (Å²) < 4.78 is 12.4. The Kier molecular flexibility index (Phi) is 4.95. The fraction of sp³-hybridized carbons (Fsp3) is 0.667. The van der Waals surface area contributed by atoms with Gasteiger partial charge in [0.25, 0.3) is 0 Å². The van der Waals surface area contributed by atoms with Crippen LogP contribution >= 0.6 is 0 Å². The second-order valence-corrected chi connectivity index (χ2v) is 7.26. The zero-order chi connectivity index (χ0) is 15.6. The van der Waals surface area contributed by atoms with Crippen molar-refractivity contribution in [2.24, 2.45) is 17.3 Å². The molecule has 0 bridgehead atoms. The minimum absolute atomic E-state index is 0.0616. The van der Waals surface area contributed by atoms with E-state index < -0.39 is 0 Å². The Bertz CT molecular complexity index is 442. The maximum atomic E-state index is 6.23. The van der Waals surface area contributed by atoms with Gasteiger partial charge in [-0.05, 0) is 18.1 Å². The van der Waals surface area contributed by atoms with E-state index in [0.717, 1.165) is 5.69 Å². The van der Waals surface area contributed by atoms with E-state index in [-0.39, 0.29) is 24.0 Å². The molecule has 1 aromatic carbocycles. The highest BCUT2D eigenvalue weighted by molar-refractivity contribution is 5.43. The van der Waals surface area contributed by atoms with Crippen molar-refractivity contribution in [1.82, 2.24) is 0 Å². The van der Waals surface area contributed by atoms with Crippen molar-refractivity contribution in [1.29, 1.82) is 0 Å². The predicted molar refractivity (Wildman–Crippen MR) is 87.1 cm³/mol. The Morgan fingerprint density at radius 3 is 2.10 bits per heavy atom. The van der Waals surface area contributed by atoms with Crippen LogP contribution in [-0.2, 0) is 9.47 Å². The second kappa shape index (κ2) is 6.37. The zero-order valence-electron chi connectivity index (χ0n) is 14.1. The highest BCUT2D eigenvalue weighted by Gasteiger charge is 2.47. The normalized spacial score (nSPS) is 28.9. The van der Waals surface area contributed by atoms with Crippen LogP contribution < -0.4 is 5.32 Å². The molecule has 1 aromatic rings. The van der Waals surface area contributed by atoms with Gasteiger partial charge in [-0.2, -0.15) is 0 Å². The lowest BCUT2D eigenvalue weighted by molar-refractivity contribution is -0.308. The first kappa shape index (κ1) is 16.3. The maximum Gasteiger partial charge on any atom is 0.162 e. The lowest BCUT2D eigenvalue weighted by atomic mass is 9.77. The summed E-state index contributed by atoms with van der Waals surface area (Å²) in [5.74, 6) is 0.785. The van der Waals surface area contributed by atoms with E-state index in [9.17, 15) is 0 Å². The molecule has 0 spiro atoms. The van der Waals surface area contributed by atoms with E-state index in [1.54, 1.807) is 0 Å². The molecule has 0 amide bonds. The fourth-order valence-corrected chi connectivity index (χ4v) is 3.05. The lowest BCUT2D eigenvalue weighted by Crippen LogP contribution is -2.57. The van der Waals surface area contributed by atoms with Gasteiger partial charge in [-0.1, -0.05) is 59.7 Å². The summed E-state index contributed by atoms with van der Waals surface area (Å²) >= 11 is 0. The highest BCUT2D eigenvalue weighted by Crippen LogP contribution is 2.41. The first-order valence-corrected chi connectivity index (χ1v) is 7.95. The summed E-state index contributed by atoms with van der Waals surface area (Å²) in [4.78, 5) is 0. The average molecular weight is 291 g/mol. The Morgan fingerprint density at radius 1 is 0.952 bits per heavy atom. The Morgan fingerprint density at radius 2 is 1.57 bits per heavy atom. The molecule has 118 valence electrons. The van der Waals surface area contributed by atoms with Crippen LogP contribution in [0.25, 0.3) is 0 Å². The molecule has 3 heteroatoms. The molecule has 1 N–H and O–H groups in total.